The minimum absolute atomic E-state index is 0.242. The highest BCUT2D eigenvalue weighted by atomic mass is 35.5. The first kappa shape index (κ1) is 15.6. The van der Waals surface area contributed by atoms with Crippen LogP contribution in [-0.2, 0) is 0 Å². The lowest BCUT2D eigenvalue weighted by molar-refractivity contribution is 0.603. The molecule has 0 aliphatic heterocycles. The summed E-state index contributed by atoms with van der Waals surface area (Å²) in [6.07, 6.45) is 1.12. The van der Waals surface area contributed by atoms with Crippen molar-refractivity contribution < 1.29 is 0 Å². The first-order chi connectivity index (χ1) is 9.54. The third kappa shape index (κ3) is 3.25. The van der Waals surface area contributed by atoms with Gasteiger partial charge in [-0.2, -0.15) is 0 Å². The fraction of sp³-hybridized carbons (Fsp3) is 0.412. The number of aryl methyl sites for hydroxylation is 2. The highest BCUT2D eigenvalue weighted by molar-refractivity contribution is 7.16. The number of thiophene rings is 1. The Bertz CT molecular complexity index is 569. The summed E-state index contributed by atoms with van der Waals surface area (Å²) >= 11 is 7.94. The van der Waals surface area contributed by atoms with Crippen molar-refractivity contribution in [2.45, 2.75) is 40.2 Å². The molecule has 1 aromatic heterocycles. The summed E-state index contributed by atoms with van der Waals surface area (Å²) in [5, 5.41) is 3.66. The number of rotatable bonds is 5. The van der Waals surface area contributed by atoms with Gasteiger partial charge in [-0.25, -0.2) is 0 Å². The molecule has 0 amide bonds. The number of halogens is 1. The standard InChI is InChI=1S/C17H22ClNS/c1-5-9-19-16(15-10-12(3)17(18)20-15)14-8-6-7-11(2)13(14)4/h6-8,10,16,19H,5,9H2,1-4H3. The molecular weight excluding hydrogens is 286 g/mol. The Kier molecular flexibility index (Phi) is 5.25. The molecule has 0 spiro atoms. The van der Waals surface area contributed by atoms with Crippen molar-refractivity contribution in [2.24, 2.45) is 0 Å². The minimum Gasteiger partial charge on any atom is -0.306 e. The van der Waals surface area contributed by atoms with Crippen LogP contribution in [0.4, 0.5) is 0 Å². The molecule has 0 radical (unpaired) electrons. The maximum atomic E-state index is 6.26. The van der Waals surface area contributed by atoms with E-state index < -0.39 is 0 Å². The molecule has 0 saturated carbocycles. The monoisotopic (exact) mass is 307 g/mol. The van der Waals surface area contributed by atoms with Crippen molar-refractivity contribution in [3.63, 3.8) is 0 Å². The fourth-order valence-electron chi connectivity index (χ4n) is 2.36. The summed E-state index contributed by atoms with van der Waals surface area (Å²) in [6, 6.07) is 8.98. The van der Waals surface area contributed by atoms with Gasteiger partial charge in [-0.1, -0.05) is 36.7 Å². The van der Waals surface area contributed by atoms with Crippen LogP contribution in [-0.4, -0.2) is 6.54 Å². The van der Waals surface area contributed by atoms with Gasteiger partial charge < -0.3 is 5.32 Å². The zero-order valence-corrected chi connectivity index (χ0v) is 14.2. The van der Waals surface area contributed by atoms with Crippen LogP contribution in [0.15, 0.2) is 24.3 Å². The van der Waals surface area contributed by atoms with Crippen molar-refractivity contribution in [1.29, 1.82) is 0 Å². The molecule has 1 unspecified atom stereocenters. The van der Waals surface area contributed by atoms with Gasteiger partial charge in [0.25, 0.3) is 0 Å². The van der Waals surface area contributed by atoms with E-state index in [1.165, 1.54) is 27.1 Å². The van der Waals surface area contributed by atoms with E-state index in [4.69, 9.17) is 11.6 Å². The molecule has 0 bridgehead atoms. The van der Waals surface area contributed by atoms with Crippen LogP contribution in [0, 0.1) is 20.8 Å². The van der Waals surface area contributed by atoms with E-state index in [1.54, 1.807) is 11.3 Å². The Morgan fingerprint density at radius 3 is 2.55 bits per heavy atom. The van der Waals surface area contributed by atoms with Gasteiger partial charge in [-0.05, 0) is 62.1 Å². The molecular formula is C17H22ClNS. The average molecular weight is 308 g/mol. The van der Waals surface area contributed by atoms with Crippen molar-refractivity contribution in [2.75, 3.05) is 6.54 Å². The zero-order valence-electron chi connectivity index (χ0n) is 12.6. The maximum absolute atomic E-state index is 6.26. The lowest BCUT2D eigenvalue weighted by Gasteiger charge is -2.21. The van der Waals surface area contributed by atoms with Crippen molar-refractivity contribution in [3.8, 4) is 0 Å². The molecule has 3 heteroatoms. The number of hydrogen-bond acceptors (Lipinski definition) is 2. The average Bonchev–Trinajstić information content (AvgIpc) is 2.74. The molecule has 0 aliphatic carbocycles. The SMILES string of the molecule is CCCNC(c1cc(C)c(Cl)s1)c1cccc(C)c1C. The zero-order chi connectivity index (χ0) is 14.7. The van der Waals surface area contributed by atoms with Crippen LogP contribution in [0.1, 0.15) is 46.5 Å². The highest BCUT2D eigenvalue weighted by Crippen LogP contribution is 2.35. The van der Waals surface area contributed by atoms with E-state index >= 15 is 0 Å². The summed E-state index contributed by atoms with van der Waals surface area (Å²) in [5.41, 5.74) is 5.23. The molecule has 2 rings (SSSR count). The third-order valence-corrected chi connectivity index (χ3v) is 5.34. The van der Waals surface area contributed by atoms with Crippen LogP contribution in [0.2, 0.25) is 4.34 Å². The first-order valence-corrected chi connectivity index (χ1v) is 8.29. The molecule has 2 aromatic rings. The largest absolute Gasteiger partial charge is 0.306 e. The Labute approximate surface area is 131 Å². The van der Waals surface area contributed by atoms with Crippen LogP contribution in [0.3, 0.4) is 0 Å². The van der Waals surface area contributed by atoms with E-state index in [-0.39, 0.29) is 6.04 Å². The quantitative estimate of drug-likeness (QED) is 0.778. The lowest BCUT2D eigenvalue weighted by atomic mass is 9.96. The highest BCUT2D eigenvalue weighted by Gasteiger charge is 2.19. The van der Waals surface area contributed by atoms with E-state index in [0.29, 0.717) is 0 Å². The predicted octanol–water partition coefficient (Wildman–Crippen LogP) is 5.42. The summed E-state index contributed by atoms with van der Waals surface area (Å²) in [4.78, 5) is 1.30. The molecule has 1 nitrogen and oxygen atoms in total. The normalized spacial score (nSPS) is 12.7. The van der Waals surface area contributed by atoms with Gasteiger partial charge in [0.2, 0.25) is 0 Å². The van der Waals surface area contributed by atoms with Crippen molar-refractivity contribution >= 4 is 22.9 Å². The molecule has 1 N–H and O–H groups in total. The topological polar surface area (TPSA) is 12.0 Å². The van der Waals surface area contributed by atoms with Crippen LogP contribution in [0.5, 0.6) is 0 Å². The maximum Gasteiger partial charge on any atom is 0.0961 e. The second-order valence-corrected chi connectivity index (χ2v) is 6.97. The molecule has 1 heterocycles. The summed E-state index contributed by atoms with van der Waals surface area (Å²) < 4.78 is 0.897. The van der Waals surface area contributed by atoms with Gasteiger partial charge in [0.1, 0.15) is 0 Å². The molecule has 0 fully saturated rings. The summed E-state index contributed by atoms with van der Waals surface area (Å²) in [5.74, 6) is 0. The predicted molar refractivity (Wildman–Crippen MR) is 90.1 cm³/mol. The molecule has 1 aromatic carbocycles. The van der Waals surface area contributed by atoms with Gasteiger partial charge in [0, 0.05) is 4.88 Å². The summed E-state index contributed by atoms with van der Waals surface area (Å²) in [7, 11) is 0. The first-order valence-electron chi connectivity index (χ1n) is 7.10. The van der Waals surface area contributed by atoms with Gasteiger partial charge in [-0.3, -0.25) is 0 Å². The second kappa shape index (κ2) is 6.75. The van der Waals surface area contributed by atoms with Crippen LogP contribution in [0.25, 0.3) is 0 Å². The van der Waals surface area contributed by atoms with Gasteiger partial charge in [0.05, 0.1) is 10.4 Å². The van der Waals surface area contributed by atoms with Gasteiger partial charge in [0.15, 0.2) is 0 Å². The molecule has 1 atom stereocenters. The van der Waals surface area contributed by atoms with E-state index in [0.717, 1.165) is 17.3 Å². The smallest absolute Gasteiger partial charge is 0.0961 e. The third-order valence-electron chi connectivity index (χ3n) is 3.72. The Morgan fingerprint density at radius 1 is 1.20 bits per heavy atom. The van der Waals surface area contributed by atoms with E-state index in [9.17, 15) is 0 Å². The molecule has 108 valence electrons. The number of nitrogens with one attached hydrogen (secondary N) is 1. The lowest BCUT2D eigenvalue weighted by Crippen LogP contribution is -2.23. The van der Waals surface area contributed by atoms with Crippen molar-refractivity contribution in [3.05, 3.63) is 55.7 Å². The molecule has 20 heavy (non-hydrogen) atoms. The van der Waals surface area contributed by atoms with E-state index in [2.05, 4.69) is 57.3 Å². The Morgan fingerprint density at radius 2 is 1.95 bits per heavy atom. The Balaban J connectivity index is 2.44. The fourth-order valence-corrected chi connectivity index (χ4v) is 3.68. The molecule has 0 aliphatic rings. The number of hydrogen-bond donors (Lipinski definition) is 1. The van der Waals surface area contributed by atoms with Gasteiger partial charge in [-0.15, -0.1) is 11.3 Å². The molecule has 0 saturated heterocycles. The van der Waals surface area contributed by atoms with Crippen molar-refractivity contribution in [1.82, 2.24) is 5.32 Å². The second-order valence-electron chi connectivity index (χ2n) is 5.28. The Hall–Kier alpha value is -0.830. The van der Waals surface area contributed by atoms with Crippen LogP contribution < -0.4 is 5.32 Å². The van der Waals surface area contributed by atoms with Crippen LogP contribution >= 0.6 is 22.9 Å². The number of benzene rings is 1. The minimum atomic E-state index is 0.242. The van der Waals surface area contributed by atoms with Gasteiger partial charge >= 0.3 is 0 Å². The van der Waals surface area contributed by atoms with E-state index in [1.807, 2.05) is 0 Å². The summed E-state index contributed by atoms with van der Waals surface area (Å²) in [6.45, 7) is 9.64.